The van der Waals surface area contributed by atoms with Crippen molar-refractivity contribution in [2.24, 2.45) is 0 Å². The van der Waals surface area contributed by atoms with Gasteiger partial charge in [0.05, 0.1) is 0 Å². The molecule has 0 rings (SSSR count). The second-order valence-electron chi connectivity index (χ2n) is 3.34. The van der Waals surface area contributed by atoms with Gasteiger partial charge in [-0.3, -0.25) is 4.79 Å². The van der Waals surface area contributed by atoms with Crippen LogP contribution >= 0.6 is 11.8 Å². The fraction of sp³-hybridized carbons (Fsp3) is 0.800. The third-order valence-corrected chi connectivity index (χ3v) is 2.63. The molecule has 0 heterocycles. The maximum atomic E-state index is 11.3. The molecule has 0 saturated carbocycles. The molecule has 88 valence electrons. The van der Waals surface area contributed by atoms with Crippen molar-refractivity contribution < 1.29 is 14.7 Å². The highest BCUT2D eigenvalue weighted by Gasteiger charge is 2.18. The summed E-state index contributed by atoms with van der Waals surface area (Å²) in [5.41, 5.74) is 0. The summed E-state index contributed by atoms with van der Waals surface area (Å²) in [6.45, 7) is 1.99. The minimum Gasteiger partial charge on any atom is -0.480 e. The minimum absolute atomic E-state index is 0.173. The van der Waals surface area contributed by atoms with Crippen LogP contribution in [0.5, 0.6) is 0 Å². The normalized spacial score (nSPS) is 12.1. The van der Waals surface area contributed by atoms with E-state index < -0.39 is 12.0 Å². The number of carbonyl (C=O) groups is 2. The molecule has 5 heteroatoms. The number of amides is 1. The highest BCUT2D eigenvalue weighted by molar-refractivity contribution is 7.98. The van der Waals surface area contributed by atoms with Gasteiger partial charge in [0.1, 0.15) is 6.04 Å². The van der Waals surface area contributed by atoms with Crippen LogP contribution in [0.4, 0.5) is 0 Å². The summed E-state index contributed by atoms with van der Waals surface area (Å²) < 4.78 is 0. The molecule has 1 unspecified atom stereocenters. The van der Waals surface area contributed by atoms with Gasteiger partial charge in [0.2, 0.25) is 5.91 Å². The Hall–Kier alpha value is -0.710. The number of carboxylic acid groups (broad SMARTS) is 1. The summed E-state index contributed by atoms with van der Waals surface area (Å²) >= 11 is 1.58. The molecule has 0 bridgehead atoms. The van der Waals surface area contributed by atoms with Gasteiger partial charge in [-0.2, -0.15) is 11.8 Å². The molecule has 2 N–H and O–H groups in total. The molecule has 1 atom stereocenters. The standard InChI is InChI=1S/C10H19NO3S/c1-3-4-5-8(10(13)14)11-9(12)6-7-15-2/h8H,3-7H2,1-2H3,(H,11,12)(H,13,14). The van der Waals surface area contributed by atoms with Crippen LogP contribution in [0.15, 0.2) is 0 Å². The Kier molecular flexibility index (Phi) is 8.18. The van der Waals surface area contributed by atoms with Gasteiger partial charge >= 0.3 is 5.97 Å². The zero-order valence-electron chi connectivity index (χ0n) is 9.28. The van der Waals surface area contributed by atoms with E-state index in [1.54, 1.807) is 11.8 Å². The molecule has 0 aromatic rings. The monoisotopic (exact) mass is 233 g/mol. The van der Waals surface area contributed by atoms with Crippen molar-refractivity contribution in [2.75, 3.05) is 12.0 Å². The van der Waals surface area contributed by atoms with E-state index in [2.05, 4.69) is 5.32 Å². The van der Waals surface area contributed by atoms with Crippen LogP contribution in [0.1, 0.15) is 32.6 Å². The lowest BCUT2D eigenvalue weighted by Gasteiger charge is -2.13. The molecule has 0 aromatic carbocycles. The molecule has 0 aliphatic rings. The van der Waals surface area contributed by atoms with Gasteiger partial charge in [0.15, 0.2) is 0 Å². The molecule has 0 aromatic heterocycles. The van der Waals surface area contributed by atoms with Crippen LogP contribution in [0.25, 0.3) is 0 Å². The van der Waals surface area contributed by atoms with Gasteiger partial charge in [-0.25, -0.2) is 4.79 Å². The van der Waals surface area contributed by atoms with Gasteiger partial charge in [0.25, 0.3) is 0 Å². The fourth-order valence-electron chi connectivity index (χ4n) is 1.13. The first kappa shape index (κ1) is 14.3. The number of unbranched alkanes of at least 4 members (excludes halogenated alkanes) is 1. The van der Waals surface area contributed by atoms with Crippen molar-refractivity contribution in [1.29, 1.82) is 0 Å². The molecule has 4 nitrogen and oxygen atoms in total. The first-order valence-electron chi connectivity index (χ1n) is 5.13. The number of hydrogen-bond acceptors (Lipinski definition) is 3. The Balaban J connectivity index is 3.93. The first-order chi connectivity index (χ1) is 7.11. The molecule has 0 aliphatic carbocycles. The summed E-state index contributed by atoms with van der Waals surface area (Å²) in [7, 11) is 0. The van der Waals surface area contributed by atoms with Crippen LogP contribution in [0.2, 0.25) is 0 Å². The average molecular weight is 233 g/mol. The first-order valence-corrected chi connectivity index (χ1v) is 6.52. The Morgan fingerprint density at radius 1 is 1.47 bits per heavy atom. The largest absolute Gasteiger partial charge is 0.480 e. The Morgan fingerprint density at radius 2 is 2.13 bits per heavy atom. The molecule has 0 spiro atoms. The van der Waals surface area contributed by atoms with E-state index in [4.69, 9.17) is 5.11 Å². The lowest BCUT2D eigenvalue weighted by Crippen LogP contribution is -2.40. The quantitative estimate of drug-likeness (QED) is 0.666. The van der Waals surface area contributed by atoms with Gasteiger partial charge in [-0.1, -0.05) is 19.8 Å². The third kappa shape index (κ3) is 7.25. The maximum absolute atomic E-state index is 11.3. The number of carboxylic acids is 1. The Labute approximate surface area is 94.8 Å². The van der Waals surface area contributed by atoms with E-state index in [9.17, 15) is 9.59 Å². The zero-order chi connectivity index (χ0) is 11.7. The van der Waals surface area contributed by atoms with Gasteiger partial charge in [-0.15, -0.1) is 0 Å². The summed E-state index contributed by atoms with van der Waals surface area (Å²) in [5, 5.41) is 11.4. The van der Waals surface area contributed by atoms with E-state index in [1.165, 1.54) is 0 Å². The number of aliphatic carboxylic acids is 1. The second kappa shape index (κ2) is 8.59. The van der Waals surface area contributed by atoms with Crippen molar-refractivity contribution in [3.63, 3.8) is 0 Å². The molecule has 1 amide bonds. The van der Waals surface area contributed by atoms with E-state index in [0.717, 1.165) is 18.6 Å². The maximum Gasteiger partial charge on any atom is 0.326 e. The van der Waals surface area contributed by atoms with E-state index in [-0.39, 0.29) is 5.91 Å². The van der Waals surface area contributed by atoms with Crippen LogP contribution in [0.3, 0.4) is 0 Å². The number of thioether (sulfide) groups is 1. The SMILES string of the molecule is CCCCC(NC(=O)CCSC)C(=O)O. The lowest BCUT2D eigenvalue weighted by atomic mass is 10.1. The van der Waals surface area contributed by atoms with Crippen molar-refractivity contribution in [3.8, 4) is 0 Å². The van der Waals surface area contributed by atoms with Crippen LogP contribution in [0, 0.1) is 0 Å². The van der Waals surface area contributed by atoms with Gasteiger partial charge in [-0.05, 0) is 12.7 Å². The summed E-state index contributed by atoms with van der Waals surface area (Å²) in [6.07, 6.45) is 4.57. The van der Waals surface area contributed by atoms with Crippen molar-refractivity contribution >= 4 is 23.6 Å². The zero-order valence-corrected chi connectivity index (χ0v) is 10.1. The predicted molar refractivity (Wildman–Crippen MR) is 62.1 cm³/mol. The third-order valence-electron chi connectivity index (χ3n) is 2.01. The van der Waals surface area contributed by atoms with Crippen molar-refractivity contribution in [2.45, 2.75) is 38.6 Å². The number of rotatable bonds is 8. The average Bonchev–Trinajstić information content (AvgIpc) is 2.20. The predicted octanol–water partition coefficient (Wildman–Crippen LogP) is 1.50. The minimum atomic E-state index is -0.944. The van der Waals surface area contributed by atoms with Gasteiger partial charge < -0.3 is 10.4 Å². The lowest BCUT2D eigenvalue weighted by molar-refractivity contribution is -0.142. The van der Waals surface area contributed by atoms with E-state index in [1.807, 2.05) is 13.2 Å². The molecule has 15 heavy (non-hydrogen) atoms. The molecular weight excluding hydrogens is 214 g/mol. The highest BCUT2D eigenvalue weighted by Crippen LogP contribution is 2.02. The van der Waals surface area contributed by atoms with Crippen LogP contribution in [-0.4, -0.2) is 35.0 Å². The molecule has 0 radical (unpaired) electrons. The Bertz CT molecular complexity index is 209. The van der Waals surface area contributed by atoms with E-state index >= 15 is 0 Å². The van der Waals surface area contributed by atoms with Crippen LogP contribution < -0.4 is 5.32 Å². The number of hydrogen-bond donors (Lipinski definition) is 2. The summed E-state index contributed by atoms with van der Waals surface area (Å²) in [5.74, 6) is -0.389. The topological polar surface area (TPSA) is 66.4 Å². The second-order valence-corrected chi connectivity index (χ2v) is 4.33. The smallest absolute Gasteiger partial charge is 0.326 e. The molecule has 0 saturated heterocycles. The summed E-state index contributed by atoms with van der Waals surface area (Å²) in [6, 6.07) is -0.723. The molecule has 0 aliphatic heterocycles. The van der Waals surface area contributed by atoms with Crippen LogP contribution in [-0.2, 0) is 9.59 Å². The van der Waals surface area contributed by atoms with Crippen molar-refractivity contribution in [3.05, 3.63) is 0 Å². The van der Waals surface area contributed by atoms with E-state index in [0.29, 0.717) is 12.8 Å². The van der Waals surface area contributed by atoms with Gasteiger partial charge in [0, 0.05) is 12.2 Å². The number of nitrogens with one attached hydrogen (secondary N) is 1. The molecular formula is C10H19NO3S. The van der Waals surface area contributed by atoms with Crippen molar-refractivity contribution in [1.82, 2.24) is 5.32 Å². The number of carbonyl (C=O) groups excluding carboxylic acids is 1. The Morgan fingerprint density at radius 3 is 2.60 bits per heavy atom. The summed E-state index contributed by atoms with van der Waals surface area (Å²) in [4.78, 5) is 22.1. The fourth-order valence-corrected chi connectivity index (χ4v) is 1.52. The molecule has 0 fully saturated rings. The highest BCUT2D eigenvalue weighted by atomic mass is 32.2.